The fraction of sp³-hybridized carbons (Fsp3) is 0.294. The van der Waals surface area contributed by atoms with E-state index in [4.69, 9.17) is 4.74 Å². The normalized spacial score (nSPS) is 10.5. The molecule has 0 aromatic heterocycles. The van der Waals surface area contributed by atoms with Crippen LogP contribution in [0.1, 0.15) is 16.7 Å². The van der Waals surface area contributed by atoms with Crippen LogP contribution in [0.2, 0.25) is 0 Å². The summed E-state index contributed by atoms with van der Waals surface area (Å²) < 4.78 is 5.21. The fourth-order valence-electron chi connectivity index (χ4n) is 2.15. The number of aryl methyl sites for hydroxylation is 1. The van der Waals surface area contributed by atoms with E-state index in [1.165, 1.54) is 5.56 Å². The molecule has 0 spiro atoms. The molecule has 2 rings (SSSR count). The second-order valence-electron chi connectivity index (χ2n) is 4.86. The third kappa shape index (κ3) is 3.75. The third-order valence-electron chi connectivity index (χ3n) is 3.36. The molecule has 0 unspecified atom stereocenters. The summed E-state index contributed by atoms with van der Waals surface area (Å²) in [6.07, 6.45) is 0.934. The summed E-state index contributed by atoms with van der Waals surface area (Å²) in [6, 6.07) is 13.9. The van der Waals surface area contributed by atoms with Crippen molar-refractivity contribution in [2.24, 2.45) is 0 Å². The first-order valence-corrected chi connectivity index (χ1v) is 6.82. The number of methoxy groups -OCH3 is 1. The minimum atomic E-state index is 0.390. The molecule has 3 heteroatoms. The van der Waals surface area contributed by atoms with Crippen molar-refractivity contribution in [2.75, 3.05) is 13.7 Å². The first-order valence-electron chi connectivity index (χ1n) is 6.82. The first kappa shape index (κ1) is 14.4. The molecule has 2 N–H and O–H groups in total. The number of nitrogens with one attached hydrogen (secondary N) is 1. The predicted molar refractivity (Wildman–Crippen MR) is 81.2 cm³/mol. The molecule has 0 aliphatic rings. The molecule has 0 atom stereocenters. The van der Waals surface area contributed by atoms with Gasteiger partial charge in [0.05, 0.1) is 7.11 Å². The van der Waals surface area contributed by atoms with Gasteiger partial charge in [0.15, 0.2) is 0 Å². The number of phenols is 1. The van der Waals surface area contributed by atoms with Gasteiger partial charge in [0.25, 0.3) is 0 Å². The Bertz CT molecular complexity index is 567. The smallest absolute Gasteiger partial charge is 0.122 e. The highest BCUT2D eigenvalue weighted by Crippen LogP contribution is 2.21. The van der Waals surface area contributed by atoms with Crippen molar-refractivity contribution in [2.45, 2.75) is 19.9 Å². The molecule has 0 aliphatic carbocycles. The highest BCUT2D eigenvalue weighted by atomic mass is 16.5. The van der Waals surface area contributed by atoms with Crippen LogP contribution in [-0.2, 0) is 13.0 Å². The maximum absolute atomic E-state index is 9.93. The second-order valence-corrected chi connectivity index (χ2v) is 4.86. The van der Waals surface area contributed by atoms with Gasteiger partial charge in [-0.3, -0.25) is 0 Å². The molecule has 2 aromatic carbocycles. The van der Waals surface area contributed by atoms with E-state index in [0.717, 1.165) is 29.8 Å². The SMILES string of the molecule is COc1cccc(CCNCc2cccc(C)c2O)c1. The Kier molecular flexibility index (Phi) is 5.02. The maximum Gasteiger partial charge on any atom is 0.122 e. The lowest BCUT2D eigenvalue weighted by Gasteiger charge is -2.09. The Morgan fingerprint density at radius 3 is 2.75 bits per heavy atom. The number of phenolic OH excluding ortho intramolecular Hbond substituents is 1. The van der Waals surface area contributed by atoms with Crippen molar-refractivity contribution in [1.82, 2.24) is 5.32 Å². The second kappa shape index (κ2) is 6.96. The summed E-state index contributed by atoms with van der Waals surface area (Å²) >= 11 is 0. The van der Waals surface area contributed by atoms with Gasteiger partial charge in [-0.05, 0) is 43.1 Å². The van der Waals surface area contributed by atoms with Crippen LogP contribution in [0.3, 0.4) is 0 Å². The van der Waals surface area contributed by atoms with Gasteiger partial charge < -0.3 is 15.2 Å². The average molecular weight is 271 g/mol. The van der Waals surface area contributed by atoms with E-state index in [9.17, 15) is 5.11 Å². The standard InChI is InChI=1S/C17H21NO2/c1-13-5-3-7-15(17(13)19)12-18-10-9-14-6-4-8-16(11-14)20-2/h3-8,11,18-19H,9-10,12H2,1-2H3. The van der Waals surface area contributed by atoms with Crippen LogP contribution in [-0.4, -0.2) is 18.8 Å². The quantitative estimate of drug-likeness (QED) is 0.793. The largest absolute Gasteiger partial charge is 0.507 e. The number of hydrogen-bond donors (Lipinski definition) is 2. The van der Waals surface area contributed by atoms with Crippen LogP contribution in [0.4, 0.5) is 0 Å². The molecule has 0 bridgehead atoms. The van der Waals surface area contributed by atoms with Crippen LogP contribution in [0.15, 0.2) is 42.5 Å². The number of hydrogen-bond acceptors (Lipinski definition) is 3. The van der Waals surface area contributed by atoms with Crippen LogP contribution in [0.25, 0.3) is 0 Å². The number of rotatable bonds is 6. The minimum absolute atomic E-state index is 0.390. The number of aromatic hydroxyl groups is 1. The Balaban J connectivity index is 1.83. The number of para-hydroxylation sites is 1. The molecule has 3 nitrogen and oxygen atoms in total. The summed E-state index contributed by atoms with van der Waals surface area (Å²) in [5.41, 5.74) is 3.10. The molecule has 0 saturated carbocycles. The molecule has 0 heterocycles. The maximum atomic E-state index is 9.93. The van der Waals surface area contributed by atoms with Crippen molar-refractivity contribution < 1.29 is 9.84 Å². The molecule has 106 valence electrons. The highest BCUT2D eigenvalue weighted by molar-refractivity contribution is 5.39. The average Bonchev–Trinajstić information content (AvgIpc) is 2.48. The van der Waals surface area contributed by atoms with Gasteiger partial charge in [0.1, 0.15) is 11.5 Å². The fourth-order valence-corrected chi connectivity index (χ4v) is 2.15. The van der Waals surface area contributed by atoms with Gasteiger partial charge in [-0.2, -0.15) is 0 Å². The Morgan fingerprint density at radius 2 is 1.95 bits per heavy atom. The summed E-state index contributed by atoms with van der Waals surface area (Å²) in [6.45, 7) is 3.45. The van der Waals surface area contributed by atoms with Crippen molar-refractivity contribution in [1.29, 1.82) is 0 Å². The Morgan fingerprint density at radius 1 is 1.15 bits per heavy atom. The van der Waals surface area contributed by atoms with E-state index < -0.39 is 0 Å². The monoisotopic (exact) mass is 271 g/mol. The minimum Gasteiger partial charge on any atom is -0.507 e. The van der Waals surface area contributed by atoms with Gasteiger partial charge >= 0.3 is 0 Å². The summed E-state index contributed by atoms with van der Waals surface area (Å²) in [5, 5.41) is 13.3. The topological polar surface area (TPSA) is 41.5 Å². The molecule has 0 amide bonds. The van der Waals surface area contributed by atoms with Crippen LogP contribution >= 0.6 is 0 Å². The van der Waals surface area contributed by atoms with E-state index in [1.54, 1.807) is 7.11 Å². The van der Waals surface area contributed by atoms with E-state index in [2.05, 4.69) is 11.4 Å². The van der Waals surface area contributed by atoms with Crippen LogP contribution in [0, 0.1) is 6.92 Å². The summed E-state index contributed by atoms with van der Waals surface area (Å²) in [5.74, 6) is 1.28. The molecule has 0 fully saturated rings. The molecule has 20 heavy (non-hydrogen) atoms. The Hall–Kier alpha value is -2.00. The molecular formula is C17H21NO2. The molecule has 0 aliphatic heterocycles. The Labute approximate surface area is 120 Å². The zero-order chi connectivity index (χ0) is 14.4. The van der Waals surface area contributed by atoms with Gasteiger partial charge in [0.2, 0.25) is 0 Å². The van der Waals surface area contributed by atoms with Crippen LogP contribution < -0.4 is 10.1 Å². The van der Waals surface area contributed by atoms with E-state index >= 15 is 0 Å². The summed E-state index contributed by atoms with van der Waals surface area (Å²) in [4.78, 5) is 0. The van der Waals surface area contributed by atoms with E-state index in [0.29, 0.717) is 12.3 Å². The zero-order valence-electron chi connectivity index (χ0n) is 12.0. The van der Waals surface area contributed by atoms with Crippen LogP contribution in [0.5, 0.6) is 11.5 Å². The molecule has 2 aromatic rings. The third-order valence-corrected chi connectivity index (χ3v) is 3.36. The first-order chi connectivity index (χ1) is 9.70. The van der Waals surface area contributed by atoms with Gasteiger partial charge in [-0.1, -0.05) is 30.3 Å². The number of ether oxygens (including phenoxy) is 1. The van der Waals surface area contributed by atoms with Gasteiger partial charge in [-0.25, -0.2) is 0 Å². The van der Waals surface area contributed by atoms with Gasteiger partial charge in [-0.15, -0.1) is 0 Å². The lowest BCUT2D eigenvalue weighted by molar-refractivity contribution is 0.414. The predicted octanol–water partition coefficient (Wildman–Crippen LogP) is 3.04. The zero-order valence-corrected chi connectivity index (χ0v) is 12.0. The van der Waals surface area contributed by atoms with Crippen molar-refractivity contribution in [3.05, 3.63) is 59.2 Å². The van der Waals surface area contributed by atoms with E-state index in [1.807, 2.05) is 43.3 Å². The lowest BCUT2D eigenvalue weighted by Crippen LogP contribution is -2.16. The lowest BCUT2D eigenvalue weighted by atomic mass is 10.1. The number of benzene rings is 2. The highest BCUT2D eigenvalue weighted by Gasteiger charge is 2.03. The molecule has 0 saturated heterocycles. The van der Waals surface area contributed by atoms with Crippen molar-refractivity contribution in [3.8, 4) is 11.5 Å². The van der Waals surface area contributed by atoms with Crippen molar-refractivity contribution >= 4 is 0 Å². The van der Waals surface area contributed by atoms with Crippen molar-refractivity contribution in [3.63, 3.8) is 0 Å². The molecule has 0 radical (unpaired) electrons. The van der Waals surface area contributed by atoms with E-state index in [-0.39, 0.29) is 0 Å². The van der Waals surface area contributed by atoms with Gasteiger partial charge in [0, 0.05) is 12.1 Å². The summed E-state index contributed by atoms with van der Waals surface area (Å²) in [7, 11) is 1.68. The molecular weight excluding hydrogens is 250 g/mol.